The maximum atomic E-state index is 7.12. The Balaban J connectivity index is 1.34. The zero-order valence-corrected chi connectivity index (χ0v) is 31.8. The number of hydrogen-bond acceptors (Lipinski definition) is 7. The minimum Gasteiger partial charge on any atom is -0.374 e. The highest BCUT2D eigenvalue weighted by Crippen LogP contribution is 2.40. The molecule has 1 fully saturated rings. The number of benzene rings is 5. The molecular formula is C43H45IO6S. The second kappa shape index (κ2) is 19.7. The Morgan fingerprint density at radius 3 is 1.53 bits per heavy atom. The van der Waals surface area contributed by atoms with Gasteiger partial charge in [0.25, 0.3) is 0 Å². The molecule has 0 amide bonds. The fourth-order valence-corrected chi connectivity index (χ4v) is 7.39. The SMILES string of the molecule is CC(CI)(OCc1ccccc1)O[C@H]1[C@@H](OCc2ccccc2)[C@H](OCc2ccccc2)[C@@H](COCc2ccccc2)O[C@@H]1Sc1ccccc1. The smallest absolute Gasteiger partial charge is 0.175 e. The lowest BCUT2D eigenvalue weighted by atomic mass is 9.98. The maximum Gasteiger partial charge on any atom is 0.175 e. The summed E-state index contributed by atoms with van der Waals surface area (Å²) in [5, 5.41) is 0. The van der Waals surface area contributed by atoms with Crippen LogP contribution >= 0.6 is 34.4 Å². The van der Waals surface area contributed by atoms with E-state index in [4.69, 9.17) is 28.4 Å². The van der Waals surface area contributed by atoms with Gasteiger partial charge in [-0.2, -0.15) is 0 Å². The molecule has 1 aliphatic rings. The summed E-state index contributed by atoms with van der Waals surface area (Å²) in [5.41, 5.74) is 3.83. The van der Waals surface area contributed by atoms with Crippen LogP contribution in [0.25, 0.3) is 0 Å². The molecule has 266 valence electrons. The van der Waals surface area contributed by atoms with Crippen LogP contribution in [-0.4, -0.2) is 46.7 Å². The summed E-state index contributed by atoms with van der Waals surface area (Å²) in [5.74, 6) is -0.949. The number of alkyl halides is 1. The van der Waals surface area contributed by atoms with Crippen molar-refractivity contribution in [1.82, 2.24) is 0 Å². The lowest BCUT2D eigenvalue weighted by Crippen LogP contribution is -2.62. The first-order chi connectivity index (χ1) is 25.1. The number of ether oxygens (including phenoxy) is 6. The predicted molar refractivity (Wildman–Crippen MR) is 210 cm³/mol. The van der Waals surface area contributed by atoms with E-state index in [1.807, 2.05) is 97.9 Å². The summed E-state index contributed by atoms with van der Waals surface area (Å²) in [4.78, 5) is 1.06. The summed E-state index contributed by atoms with van der Waals surface area (Å²) in [6.07, 6.45) is -2.07. The van der Waals surface area contributed by atoms with Gasteiger partial charge in [-0.15, -0.1) is 0 Å². The van der Waals surface area contributed by atoms with Crippen LogP contribution in [0.5, 0.6) is 0 Å². The Labute approximate surface area is 319 Å². The van der Waals surface area contributed by atoms with Crippen molar-refractivity contribution in [2.45, 2.75) is 73.9 Å². The highest BCUT2D eigenvalue weighted by Gasteiger charge is 2.51. The van der Waals surface area contributed by atoms with Crippen LogP contribution in [0.1, 0.15) is 29.2 Å². The van der Waals surface area contributed by atoms with Gasteiger partial charge in [0.15, 0.2) is 5.79 Å². The molecule has 6 rings (SSSR count). The molecule has 0 saturated carbocycles. The Hall–Kier alpha value is -3.06. The molecule has 1 unspecified atom stereocenters. The van der Waals surface area contributed by atoms with Crippen molar-refractivity contribution >= 4 is 34.4 Å². The topological polar surface area (TPSA) is 55.4 Å². The van der Waals surface area contributed by atoms with Crippen LogP contribution in [-0.2, 0) is 54.8 Å². The Morgan fingerprint density at radius 2 is 1.02 bits per heavy atom. The zero-order valence-electron chi connectivity index (χ0n) is 28.8. The molecule has 0 spiro atoms. The van der Waals surface area contributed by atoms with Gasteiger partial charge in [-0.1, -0.05) is 174 Å². The van der Waals surface area contributed by atoms with E-state index in [0.717, 1.165) is 27.1 Å². The van der Waals surface area contributed by atoms with Crippen molar-refractivity contribution in [2.24, 2.45) is 0 Å². The van der Waals surface area contributed by atoms with Crippen molar-refractivity contribution in [3.8, 4) is 0 Å². The number of thioether (sulfide) groups is 1. The molecule has 6 atom stereocenters. The average Bonchev–Trinajstić information content (AvgIpc) is 3.19. The van der Waals surface area contributed by atoms with E-state index in [9.17, 15) is 0 Å². The Bertz CT molecular complexity index is 1690. The summed E-state index contributed by atoms with van der Waals surface area (Å²) >= 11 is 3.96. The summed E-state index contributed by atoms with van der Waals surface area (Å²) in [6.45, 7) is 3.93. The zero-order chi connectivity index (χ0) is 35.1. The van der Waals surface area contributed by atoms with E-state index < -0.39 is 35.6 Å². The van der Waals surface area contributed by atoms with Crippen LogP contribution in [0.4, 0.5) is 0 Å². The summed E-state index contributed by atoms with van der Waals surface area (Å²) < 4.78 is 41.4. The van der Waals surface area contributed by atoms with Crippen molar-refractivity contribution in [1.29, 1.82) is 0 Å². The third-order valence-corrected chi connectivity index (χ3v) is 11.1. The van der Waals surface area contributed by atoms with Crippen molar-refractivity contribution in [3.63, 3.8) is 0 Å². The fourth-order valence-electron chi connectivity index (χ4n) is 5.86. The van der Waals surface area contributed by atoms with Gasteiger partial charge < -0.3 is 28.4 Å². The Kier molecular flexibility index (Phi) is 14.5. The van der Waals surface area contributed by atoms with Gasteiger partial charge in [-0.25, -0.2) is 0 Å². The van der Waals surface area contributed by atoms with Crippen LogP contribution in [0.2, 0.25) is 0 Å². The third kappa shape index (κ3) is 11.5. The first-order valence-electron chi connectivity index (χ1n) is 17.3. The highest BCUT2D eigenvalue weighted by molar-refractivity contribution is 14.1. The highest BCUT2D eigenvalue weighted by atomic mass is 127. The molecule has 8 heteroatoms. The maximum absolute atomic E-state index is 7.12. The van der Waals surface area contributed by atoms with E-state index in [1.165, 1.54) is 0 Å². The molecule has 1 aliphatic heterocycles. The molecule has 1 saturated heterocycles. The molecule has 0 bridgehead atoms. The van der Waals surface area contributed by atoms with Crippen LogP contribution < -0.4 is 0 Å². The fraction of sp³-hybridized carbons (Fsp3) is 0.302. The number of halogens is 1. The molecule has 6 nitrogen and oxygen atoms in total. The van der Waals surface area contributed by atoms with Crippen molar-refractivity contribution < 1.29 is 28.4 Å². The predicted octanol–water partition coefficient (Wildman–Crippen LogP) is 9.64. The molecule has 5 aromatic rings. The molecule has 1 heterocycles. The van der Waals surface area contributed by atoms with Gasteiger partial charge in [0.05, 0.1) is 37.5 Å². The van der Waals surface area contributed by atoms with Crippen molar-refractivity contribution in [2.75, 3.05) is 11.0 Å². The van der Waals surface area contributed by atoms with Crippen molar-refractivity contribution in [3.05, 3.63) is 174 Å². The number of hydrogen-bond donors (Lipinski definition) is 0. The summed E-state index contributed by atoms with van der Waals surface area (Å²) in [6, 6.07) is 51.0. The van der Waals surface area contributed by atoms with Crippen LogP contribution in [0.3, 0.4) is 0 Å². The largest absolute Gasteiger partial charge is 0.374 e. The first-order valence-corrected chi connectivity index (χ1v) is 19.7. The second-order valence-electron chi connectivity index (χ2n) is 12.6. The molecule has 5 aromatic carbocycles. The van der Waals surface area contributed by atoms with E-state index in [0.29, 0.717) is 37.5 Å². The lowest BCUT2D eigenvalue weighted by Gasteiger charge is -2.48. The van der Waals surface area contributed by atoms with Gasteiger partial charge in [-0.05, 0) is 41.3 Å². The van der Waals surface area contributed by atoms with Gasteiger partial charge in [-0.3, -0.25) is 0 Å². The lowest BCUT2D eigenvalue weighted by molar-refractivity contribution is -0.311. The minimum atomic E-state index is -0.949. The van der Waals surface area contributed by atoms with E-state index in [2.05, 4.69) is 83.3 Å². The number of rotatable bonds is 18. The third-order valence-electron chi connectivity index (χ3n) is 8.57. The molecule has 0 radical (unpaired) electrons. The minimum absolute atomic E-state index is 0.312. The van der Waals surface area contributed by atoms with Gasteiger partial charge in [0, 0.05) is 4.90 Å². The Morgan fingerprint density at radius 1 is 0.569 bits per heavy atom. The standard InChI is InChI=1S/C43H45IO6S/c1-43(32-44,48-30-36-23-13-5-14-24-36)50-41-40(47-29-35-21-11-4-12-22-35)39(46-28-34-19-9-3-10-20-34)38(31-45-27-33-17-7-2-8-18-33)49-42(41)51-37-25-15-6-16-26-37/h2-26,38-42H,27-32H2,1H3/t38-,39-,40+,41+,42-,43?/m1/s1. The normalized spacial score (nSPS) is 21.6. The molecule has 0 aliphatic carbocycles. The van der Waals surface area contributed by atoms with Crippen LogP contribution in [0, 0.1) is 0 Å². The quantitative estimate of drug-likeness (QED) is 0.0496. The van der Waals surface area contributed by atoms with Gasteiger partial charge >= 0.3 is 0 Å². The molecule has 51 heavy (non-hydrogen) atoms. The van der Waals surface area contributed by atoms with E-state index >= 15 is 0 Å². The summed E-state index contributed by atoms with van der Waals surface area (Å²) in [7, 11) is 0. The monoisotopic (exact) mass is 816 g/mol. The second-order valence-corrected chi connectivity index (χ2v) is 14.6. The van der Waals surface area contributed by atoms with E-state index in [1.54, 1.807) is 11.8 Å². The average molecular weight is 817 g/mol. The first kappa shape index (κ1) is 37.7. The molecule has 0 N–H and O–H groups in total. The van der Waals surface area contributed by atoms with Crippen LogP contribution in [0.15, 0.2) is 157 Å². The van der Waals surface area contributed by atoms with E-state index in [-0.39, 0.29) is 0 Å². The van der Waals surface area contributed by atoms with Gasteiger partial charge in [0.2, 0.25) is 0 Å². The molecular weight excluding hydrogens is 771 g/mol. The molecule has 0 aromatic heterocycles. The van der Waals surface area contributed by atoms with Gasteiger partial charge in [0.1, 0.15) is 29.9 Å².